The van der Waals surface area contributed by atoms with Crippen LogP contribution in [0.25, 0.3) is 0 Å². The Morgan fingerprint density at radius 3 is 2.50 bits per heavy atom. The van der Waals surface area contributed by atoms with E-state index in [1.54, 1.807) is 31.6 Å². The van der Waals surface area contributed by atoms with Gasteiger partial charge in [0.25, 0.3) is 0 Å². The van der Waals surface area contributed by atoms with E-state index in [9.17, 15) is 0 Å². The zero-order valence-electron chi connectivity index (χ0n) is 6.77. The van der Waals surface area contributed by atoms with Gasteiger partial charge >= 0.3 is 0 Å². The lowest BCUT2D eigenvalue weighted by Crippen LogP contribution is -2.39. The van der Waals surface area contributed by atoms with Crippen molar-refractivity contribution in [2.45, 2.75) is 0 Å². The molecule has 1 aromatic rings. The van der Waals surface area contributed by atoms with Crippen LogP contribution in [0.3, 0.4) is 0 Å². The lowest BCUT2D eigenvalue weighted by Gasteiger charge is -1.95. The van der Waals surface area contributed by atoms with Gasteiger partial charge in [-0.3, -0.25) is 4.84 Å². The van der Waals surface area contributed by atoms with E-state index < -0.39 is 0 Å². The van der Waals surface area contributed by atoms with E-state index in [2.05, 4.69) is 5.10 Å². The minimum Gasteiger partial charge on any atom is -0.382 e. The molecule has 0 aliphatic heterocycles. The predicted molar refractivity (Wildman–Crippen MR) is 44.1 cm³/mol. The fraction of sp³-hybridized carbons (Fsp3) is 0.143. The molecule has 0 aromatic carbocycles. The van der Waals surface area contributed by atoms with Crippen molar-refractivity contribution >= 4 is 5.84 Å². The Morgan fingerprint density at radius 1 is 1.50 bits per heavy atom. The molecule has 64 valence electrons. The number of nitrogens with two attached hydrogens (primary N) is 2. The molecule has 0 atom stereocenters. The summed E-state index contributed by atoms with van der Waals surface area (Å²) in [6, 6.07) is 3.52. The van der Waals surface area contributed by atoms with E-state index >= 15 is 0 Å². The third-order valence-corrected chi connectivity index (χ3v) is 1.45. The molecule has 0 aliphatic rings. The summed E-state index contributed by atoms with van der Waals surface area (Å²) in [5, 5.41) is 3.36. The molecule has 0 spiro atoms. The molecule has 0 amide bonds. The highest BCUT2D eigenvalue weighted by molar-refractivity contribution is 5.96. The highest BCUT2D eigenvalue weighted by Crippen LogP contribution is 1.92. The molecule has 0 radical (unpaired) electrons. The first-order chi connectivity index (χ1) is 5.77. The van der Waals surface area contributed by atoms with E-state index in [1.165, 1.54) is 4.73 Å². The van der Waals surface area contributed by atoms with Gasteiger partial charge in [0.2, 0.25) is 12.4 Å². The average Bonchev–Trinajstić information content (AvgIpc) is 2.17. The number of amidine groups is 1. The van der Waals surface area contributed by atoms with Crippen LogP contribution in [-0.4, -0.2) is 12.9 Å². The number of rotatable bonds is 2. The summed E-state index contributed by atoms with van der Waals surface area (Å²) in [4.78, 5) is 4.89. The molecule has 1 aromatic heterocycles. The smallest absolute Gasteiger partial charge is 0.223 e. The van der Waals surface area contributed by atoms with Crippen LogP contribution in [-0.2, 0) is 0 Å². The number of hydrogen-bond donors (Lipinski definition) is 2. The van der Waals surface area contributed by atoms with Crippen LogP contribution in [0.15, 0.2) is 29.6 Å². The molecule has 0 saturated heterocycles. The summed E-state index contributed by atoms with van der Waals surface area (Å²) < 4.78 is 1.54. The molecule has 1 rings (SSSR count). The zero-order valence-corrected chi connectivity index (χ0v) is 6.77. The largest absolute Gasteiger partial charge is 0.382 e. The minimum atomic E-state index is 0.304. The van der Waals surface area contributed by atoms with Gasteiger partial charge in [-0.15, -0.1) is 0 Å². The zero-order chi connectivity index (χ0) is 8.97. The Bertz CT molecular complexity index is 280. The van der Waals surface area contributed by atoms with E-state index in [1.807, 2.05) is 0 Å². The predicted octanol–water partition coefficient (Wildman–Crippen LogP) is -1.39. The number of pyridine rings is 1. The highest BCUT2D eigenvalue weighted by atomic mass is 16.6. The molecule has 4 N–H and O–H groups in total. The van der Waals surface area contributed by atoms with Crippen LogP contribution in [0.2, 0.25) is 0 Å². The number of hydrogen-bond acceptors (Lipinski definition) is 3. The first kappa shape index (κ1) is 8.32. The molecule has 0 unspecified atom stereocenters. The van der Waals surface area contributed by atoms with Gasteiger partial charge in [-0.25, -0.2) is 0 Å². The first-order valence-corrected chi connectivity index (χ1v) is 3.37. The van der Waals surface area contributed by atoms with Crippen molar-refractivity contribution in [3.05, 3.63) is 30.1 Å². The van der Waals surface area contributed by atoms with Crippen LogP contribution >= 0.6 is 0 Å². The monoisotopic (exact) mass is 167 g/mol. The van der Waals surface area contributed by atoms with Crippen LogP contribution in [0.1, 0.15) is 5.56 Å². The molecular formula is C7H11N4O+. The van der Waals surface area contributed by atoms with Crippen LogP contribution in [0, 0.1) is 0 Å². The Hall–Kier alpha value is -1.78. The van der Waals surface area contributed by atoms with Gasteiger partial charge < -0.3 is 11.6 Å². The quantitative estimate of drug-likeness (QED) is 0.187. The standard InChI is InChI=1S/C7H10N4O/c1-12-11-4-2-6(3-5-11)7(8)10-9/h2-5,9H,8H2,1H3/p+1. The first-order valence-electron chi connectivity index (χ1n) is 3.37. The number of hydrazone groups is 1. The van der Waals surface area contributed by atoms with Crippen molar-refractivity contribution in [2.75, 3.05) is 7.11 Å². The Morgan fingerprint density at radius 2 is 2.08 bits per heavy atom. The molecule has 0 bridgehead atoms. The summed E-state index contributed by atoms with van der Waals surface area (Å²) in [7, 11) is 1.57. The molecule has 12 heavy (non-hydrogen) atoms. The van der Waals surface area contributed by atoms with Gasteiger partial charge in [0.15, 0.2) is 5.84 Å². The molecule has 0 saturated carbocycles. The van der Waals surface area contributed by atoms with Gasteiger partial charge in [0.1, 0.15) is 7.11 Å². The van der Waals surface area contributed by atoms with Crippen molar-refractivity contribution in [3.8, 4) is 0 Å². The summed E-state index contributed by atoms with van der Waals surface area (Å²) in [5.74, 6) is 5.30. The van der Waals surface area contributed by atoms with Crippen molar-refractivity contribution in [2.24, 2.45) is 16.7 Å². The van der Waals surface area contributed by atoms with Crippen molar-refractivity contribution in [3.63, 3.8) is 0 Å². The van der Waals surface area contributed by atoms with E-state index in [4.69, 9.17) is 16.4 Å². The third kappa shape index (κ3) is 1.63. The van der Waals surface area contributed by atoms with E-state index in [0.717, 1.165) is 5.56 Å². The molecule has 0 aliphatic carbocycles. The second-order valence-electron chi connectivity index (χ2n) is 2.14. The maximum absolute atomic E-state index is 5.46. The van der Waals surface area contributed by atoms with E-state index in [-0.39, 0.29) is 0 Å². The number of aromatic nitrogens is 1. The Labute approximate surface area is 70.2 Å². The topological polar surface area (TPSA) is 77.5 Å². The molecule has 5 nitrogen and oxygen atoms in total. The maximum Gasteiger partial charge on any atom is 0.223 e. The minimum absolute atomic E-state index is 0.304. The SMILES string of the molecule is CO[n+]1ccc(/C(N)=N/N)cc1. The second kappa shape index (κ2) is 3.56. The van der Waals surface area contributed by atoms with Crippen LogP contribution in [0.5, 0.6) is 0 Å². The third-order valence-electron chi connectivity index (χ3n) is 1.45. The van der Waals surface area contributed by atoms with Crippen LogP contribution in [0.4, 0.5) is 0 Å². The maximum atomic E-state index is 5.46. The van der Waals surface area contributed by atoms with Crippen LogP contribution < -0.4 is 21.1 Å². The Balaban J connectivity index is 2.92. The summed E-state index contributed by atoms with van der Waals surface area (Å²) >= 11 is 0. The summed E-state index contributed by atoms with van der Waals surface area (Å²) in [6.07, 6.45) is 3.43. The lowest BCUT2D eigenvalue weighted by atomic mass is 10.2. The Kier molecular flexibility index (Phi) is 2.47. The van der Waals surface area contributed by atoms with Crippen molar-refractivity contribution in [1.82, 2.24) is 0 Å². The van der Waals surface area contributed by atoms with Gasteiger partial charge in [0.05, 0.1) is 0 Å². The van der Waals surface area contributed by atoms with Gasteiger partial charge in [-0.2, -0.15) is 5.10 Å². The van der Waals surface area contributed by atoms with Crippen molar-refractivity contribution in [1.29, 1.82) is 0 Å². The molecule has 5 heteroatoms. The van der Waals surface area contributed by atoms with Gasteiger partial charge in [-0.1, -0.05) is 0 Å². The highest BCUT2D eigenvalue weighted by Gasteiger charge is 2.01. The number of nitrogens with zero attached hydrogens (tertiary/aromatic N) is 2. The second-order valence-corrected chi connectivity index (χ2v) is 2.14. The molecular weight excluding hydrogens is 156 g/mol. The lowest BCUT2D eigenvalue weighted by molar-refractivity contribution is -0.885. The average molecular weight is 167 g/mol. The fourth-order valence-corrected chi connectivity index (χ4v) is 0.780. The summed E-state index contributed by atoms with van der Waals surface area (Å²) in [6.45, 7) is 0. The summed E-state index contributed by atoms with van der Waals surface area (Å²) in [5.41, 5.74) is 6.23. The van der Waals surface area contributed by atoms with E-state index in [0.29, 0.717) is 5.84 Å². The van der Waals surface area contributed by atoms with Crippen molar-refractivity contribution < 1.29 is 9.57 Å². The van der Waals surface area contributed by atoms with Gasteiger partial charge in [0, 0.05) is 22.4 Å². The normalized spacial score (nSPS) is 11.2. The fourth-order valence-electron chi connectivity index (χ4n) is 0.780. The molecule has 1 heterocycles. The molecule has 0 fully saturated rings. The van der Waals surface area contributed by atoms with Gasteiger partial charge in [-0.05, 0) is 0 Å².